The Morgan fingerprint density at radius 1 is 1.04 bits per heavy atom. The first-order valence-corrected chi connectivity index (χ1v) is 10.2. The van der Waals surface area contributed by atoms with E-state index >= 15 is 0 Å². The molecule has 0 bridgehead atoms. The maximum atomic E-state index is 11.5. The van der Waals surface area contributed by atoms with Crippen molar-refractivity contribution in [3.63, 3.8) is 0 Å². The van der Waals surface area contributed by atoms with E-state index in [1.165, 1.54) is 16.7 Å². The number of fused-ring (bicyclic) bond motifs is 1. The quantitative estimate of drug-likeness (QED) is 0.868. The zero-order chi connectivity index (χ0) is 19.3. The number of carbonyl (C=O) groups excluding carboxylic acids is 1. The van der Waals surface area contributed by atoms with Crippen LogP contribution in [0.15, 0.2) is 48.5 Å². The SMILES string of the molecule is NC(=O)C1CCCN(Cc2ccc3c(c2)CN(Cc2ccccc2)CCO3)C1. The molecule has 2 aromatic carbocycles. The summed E-state index contributed by atoms with van der Waals surface area (Å²) >= 11 is 0. The summed E-state index contributed by atoms with van der Waals surface area (Å²) in [4.78, 5) is 16.3. The molecule has 2 aliphatic rings. The van der Waals surface area contributed by atoms with E-state index < -0.39 is 0 Å². The van der Waals surface area contributed by atoms with E-state index in [9.17, 15) is 4.79 Å². The van der Waals surface area contributed by atoms with Gasteiger partial charge in [0.1, 0.15) is 12.4 Å². The number of amides is 1. The molecule has 2 heterocycles. The van der Waals surface area contributed by atoms with Crippen molar-refractivity contribution in [1.82, 2.24) is 9.80 Å². The molecule has 2 aromatic rings. The number of nitrogens with two attached hydrogens (primary N) is 1. The van der Waals surface area contributed by atoms with E-state index in [0.717, 1.165) is 57.9 Å². The van der Waals surface area contributed by atoms with Gasteiger partial charge in [-0.25, -0.2) is 0 Å². The second-order valence-corrected chi connectivity index (χ2v) is 7.96. The number of nitrogens with zero attached hydrogens (tertiary/aromatic N) is 2. The lowest BCUT2D eigenvalue weighted by molar-refractivity contribution is -0.123. The van der Waals surface area contributed by atoms with Gasteiger partial charge in [0.25, 0.3) is 0 Å². The Kier molecular flexibility index (Phi) is 5.93. The molecule has 28 heavy (non-hydrogen) atoms. The van der Waals surface area contributed by atoms with Crippen LogP contribution in [0.2, 0.25) is 0 Å². The van der Waals surface area contributed by atoms with E-state index in [-0.39, 0.29) is 11.8 Å². The summed E-state index contributed by atoms with van der Waals surface area (Å²) in [5.74, 6) is 0.809. The first-order chi connectivity index (χ1) is 13.7. The molecule has 1 unspecified atom stereocenters. The van der Waals surface area contributed by atoms with Gasteiger partial charge in [0, 0.05) is 38.3 Å². The van der Waals surface area contributed by atoms with Crippen LogP contribution in [0.4, 0.5) is 0 Å². The van der Waals surface area contributed by atoms with Gasteiger partial charge in [-0.1, -0.05) is 36.4 Å². The van der Waals surface area contributed by atoms with Crippen LogP contribution in [0.5, 0.6) is 5.75 Å². The van der Waals surface area contributed by atoms with E-state index in [0.29, 0.717) is 6.61 Å². The van der Waals surface area contributed by atoms with Gasteiger partial charge in [0.05, 0.1) is 5.92 Å². The minimum atomic E-state index is -0.170. The maximum absolute atomic E-state index is 11.5. The van der Waals surface area contributed by atoms with Crippen LogP contribution in [0.3, 0.4) is 0 Å². The van der Waals surface area contributed by atoms with Crippen molar-refractivity contribution >= 4 is 5.91 Å². The van der Waals surface area contributed by atoms with Crippen LogP contribution >= 0.6 is 0 Å². The molecule has 1 fully saturated rings. The summed E-state index contributed by atoms with van der Waals surface area (Å²) in [6, 6.07) is 17.1. The highest BCUT2D eigenvalue weighted by Gasteiger charge is 2.24. The maximum Gasteiger partial charge on any atom is 0.221 e. The Labute approximate surface area is 167 Å². The number of hydrogen-bond acceptors (Lipinski definition) is 4. The highest BCUT2D eigenvalue weighted by Crippen LogP contribution is 2.27. The summed E-state index contributed by atoms with van der Waals surface area (Å²) in [5, 5.41) is 0. The molecule has 0 aliphatic carbocycles. The number of benzene rings is 2. The molecule has 2 N–H and O–H groups in total. The van der Waals surface area contributed by atoms with Crippen LogP contribution in [0.25, 0.3) is 0 Å². The Bertz CT molecular complexity index is 809. The van der Waals surface area contributed by atoms with Crippen LogP contribution in [0, 0.1) is 5.92 Å². The topological polar surface area (TPSA) is 58.8 Å². The van der Waals surface area contributed by atoms with Crippen LogP contribution in [-0.2, 0) is 24.4 Å². The molecule has 5 heteroatoms. The standard InChI is InChI=1S/C23H29N3O2/c24-23(27)20-7-4-10-25(16-20)15-19-8-9-22-21(13-19)17-26(11-12-28-22)14-18-5-2-1-3-6-18/h1-3,5-6,8-9,13,20H,4,7,10-12,14-17H2,(H2,24,27). The van der Waals surface area contributed by atoms with E-state index in [1.54, 1.807) is 0 Å². The minimum absolute atomic E-state index is 0.0146. The van der Waals surface area contributed by atoms with Gasteiger partial charge in [-0.3, -0.25) is 14.6 Å². The molecule has 148 valence electrons. The van der Waals surface area contributed by atoms with Gasteiger partial charge in [-0.2, -0.15) is 0 Å². The molecule has 5 nitrogen and oxygen atoms in total. The number of likely N-dealkylation sites (tertiary alicyclic amines) is 1. The third kappa shape index (κ3) is 4.72. The predicted molar refractivity (Wildman–Crippen MR) is 110 cm³/mol. The molecule has 0 saturated carbocycles. The second-order valence-electron chi connectivity index (χ2n) is 7.96. The smallest absolute Gasteiger partial charge is 0.221 e. The number of ether oxygens (including phenoxy) is 1. The van der Waals surface area contributed by atoms with Gasteiger partial charge in [0.15, 0.2) is 0 Å². The Hall–Kier alpha value is -2.37. The van der Waals surface area contributed by atoms with Gasteiger partial charge < -0.3 is 10.5 Å². The molecule has 0 spiro atoms. The number of hydrogen-bond donors (Lipinski definition) is 1. The van der Waals surface area contributed by atoms with Crippen molar-refractivity contribution in [3.05, 3.63) is 65.2 Å². The van der Waals surface area contributed by atoms with Crippen molar-refractivity contribution in [1.29, 1.82) is 0 Å². The van der Waals surface area contributed by atoms with Gasteiger partial charge in [-0.15, -0.1) is 0 Å². The van der Waals surface area contributed by atoms with E-state index in [1.807, 2.05) is 0 Å². The third-order valence-electron chi connectivity index (χ3n) is 5.75. The Morgan fingerprint density at radius 3 is 2.68 bits per heavy atom. The average molecular weight is 380 g/mol. The molecule has 1 amide bonds. The number of rotatable bonds is 5. The zero-order valence-corrected chi connectivity index (χ0v) is 16.3. The van der Waals surface area contributed by atoms with Gasteiger partial charge in [-0.05, 0) is 42.6 Å². The molecular weight excluding hydrogens is 350 g/mol. The molecule has 2 aliphatic heterocycles. The molecule has 1 atom stereocenters. The zero-order valence-electron chi connectivity index (χ0n) is 16.3. The largest absolute Gasteiger partial charge is 0.492 e. The first kappa shape index (κ1) is 19.0. The molecular formula is C23H29N3O2. The third-order valence-corrected chi connectivity index (χ3v) is 5.75. The fourth-order valence-corrected chi connectivity index (χ4v) is 4.27. The monoisotopic (exact) mass is 379 g/mol. The van der Waals surface area contributed by atoms with E-state index in [4.69, 9.17) is 10.5 Å². The van der Waals surface area contributed by atoms with Crippen LogP contribution < -0.4 is 10.5 Å². The lowest BCUT2D eigenvalue weighted by Gasteiger charge is -2.31. The molecule has 4 rings (SSSR count). The summed E-state index contributed by atoms with van der Waals surface area (Å²) in [7, 11) is 0. The first-order valence-electron chi connectivity index (χ1n) is 10.2. The predicted octanol–water partition coefficient (Wildman–Crippen LogP) is 2.78. The Balaban J connectivity index is 1.44. The normalized spacial score (nSPS) is 20.8. The summed E-state index contributed by atoms with van der Waals surface area (Å²) < 4.78 is 5.99. The summed E-state index contributed by atoms with van der Waals surface area (Å²) in [5.41, 5.74) is 9.37. The van der Waals surface area contributed by atoms with Gasteiger partial charge >= 0.3 is 0 Å². The molecule has 0 aromatic heterocycles. The van der Waals surface area contributed by atoms with Crippen molar-refractivity contribution in [2.75, 3.05) is 26.2 Å². The lowest BCUT2D eigenvalue weighted by Crippen LogP contribution is -2.40. The highest BCUT2D eigenvalue weighted by molar-refractivity contribution is 5.76. The van der Waals surface area contributed by atoms with Crippen LogP contribution in [-0.4, -0.2) is 41.9 Å². The Morgan fingerprint density at radius 2 is 1.86 bits per heavy atom. The number of piperidine rings is 1. The summed E-state index contributed by atoms with van der Waals surface area (Å²) in [6.45, 7) is 6.11. The number of primary amides is 1. The van der Waals surface area contributed by atoms with E-state index in [2.05, 4.69) is 58.3 Å². The number of carbonyl (C=O) groups is 1. The van der Waals surface area contributed by atoms with Crippen molar-refractivity contribution in [3.8, 4) is 5.75 Å². The molecule has 1 saturated heterocycles. The summed E-state index contributed by atoms with van der Waals surface area (Å²) in [6.07, 6.45) is 1.95. The van der Waals surface area contributed by atoms with Crippen molar-refractivity contribution in [2.45, 2.75) is 32.5 Å². The van der Waals surface area contributed by atoms with Crippen LogP contribution in [0.1, 0.15) is 29.5 Å². The highest BCUT2D eigenvalue weighted by atomic mass is 16.5. The van der Waals surface area contributed by atoms with Gasteiger partial charge in [0.2, 0.25) is 5.91 Å². The fourth-order valence-electron chi connectivity index (χ4n) is 4.27. The van der Waals surface area contributed by atoms with Crippen molar-refractivity contribution < 1.29 is 9.53 Å². The molecule has 0 radical (unpaired) electrons. The average Bonchev–Trinajstić information content (AvgIpc) is 2.90. The van der Waals surface area contributed by atoms with Crippen molar-refractivity contribution in [2.24, 2.45) is 11.7 Å². The lowest BCUT2D eigenvalue weighted by atomic mass is 9.97. The second kappa shape index (κ2) is 8.76. The fraction of sp³-hybridized carbons (Fsp3) is 0.435. The minimum Gasteiger partial charge on any atom is -0.492 e.